The number of ether oxygens (including phenoxy) is 4. The molecule has 0 aliphatic rings. The van der Waals surface area contributed by atoms with Crippen molar-refractivity contribution < 1.29 is 119 Å². The fourth-order valence-corrected chi connectivity index (χ4v) is 5.73. The van der Waals surface area contributed by atoms with Gasteiger partial charge >= 0.3 is 48.6 Å². The highest BCUT2D eigenvalue weighted by molar-refractivity contribution is 7.85. The fourth-order valence-electron chi connectivity index (χ4n) is 4.75. The first-order chi connectivity index (χ1) is 34.7. The van der Waals surface area contributed by atoms with Crippen molar-refractivity contribution in [1.29, 1.82) is 0 Å². The monoisotopic (exact) mass is 1190 g/mol. The first-order valence-electron chi connectivity index (χ1n) is 23.2. The van der Waals surface area contributed by atoms with Gasteiger partial charge in [-0.25, -0.2) is 19.2 Å². The molecule has 0 radical (unpaired) electrons. The minimum atomic E-state index is -4.77. The zero-order valence-corrected chi connectivity index (χ0v) is 47.7. The van der Waals surface area contributed by atoms with Crippen molar-refractivity contribution in [1.82, 2.24) is 16.0 Å². The lowest BCUT2D eigenvalue weighted by molar-refractivity contribution is -0.262. The zero-order chi connectivity index (χ0) is 64.3. The molecule has 0 aliphatic heterocycles. The van der Waals surface area contributed by atoms with E-state index in [2.05, 4.69) is 58.3 Å². The number of nitrogens with one attached hydrogen (secondary N) is 3. The van der Waals surface area contributed by atoms with Gasteiger partial charge in [0.2, 0.25) is 5.91 Å². The Labute approximate surface area is 454 Å². The van der Waals surface area contributed by atoms with Crippen LogP contribution in [-0.4, -0.2) is 151 Å². The summed E-state index contributed by atoms with van der Waals surface area (Å²) in [5, 5.41) is 25.4. The largest absolute Gasteiger partial charge is 0.461 e. The van der Waals surface area contributed by atoms with Gasteiger partial charge in [-0.2, -0.15) is 61.1 Å². The summed E-state index contributed by atoms with van der Waals surface area (Å²) in [5.41, 5.74) is -6.77. The van der Waals surface area contributed by atoms with Crippen LogP contribution >= 0.6 is 0 Å². The lowest BCUT2D eigenvalue weighted by Crippen LogP contribution is -2.48. The van der Waals surface area contributed by atoms with Gasteiger partial charge in [-0.05, 0) is 95.4 Å². The molecule has 1 amide bonds. The molecule has 6 N–H and O–H groups in total. The van der Waals surface area contributed by atoms with E-state index < -0.39 is 131 Å². The number of hydrogen-bond acceptors (Lipinski definition) is 15. The normalized spacial score (nSPS) is 14.3. The highest BCUT2D eigenvalue weighted by Crippen LogP contribution is 2.36. The number of rotatable bonds is 24. The second kappa shape index (κ2) is 35.0. The molecular weight excluding hydrogens is 1110 g/mol. The number of carbonyl (C=O) groups is 5. The van der Waals surface area contributed by atoms with E-state index in [9.17, 15) is 90.2 Å². The van der Waals surface area contributed by atoms with Crippen molar-refractivity contribution in [2.75, 3.05) is 38.6 Å². The molecule has 0 aliphatic carbocycles. The lowest BCUT2D eigenvalue weighted by Gasteiger charge is -2.31. The molecular formula is C49H79F12N3O14S. The van der Waals surface area contributed by atoms with Gasteiger partial charge in [0.1, 0.15) is 25.4 Å². The topological polar surface area (TPSA) is 253 Å². The second-order valence-corrected chi connectivity index (χ2v) is 21.6. The molecule has 0 saturated carbocycles. The van der Waals surface area contributed by atoms with Gasteiger partial charge < -0.3 is 45.1 Å². The molecule has 0 bridgehead atoms. The maximum atomic E-state index is 12.6. The minimum Gasteiger partial charge on any atom is -0.461 e. The predicted molar refractivity (Wildman–Crippen MR) is 269 cm³/mol. The molecule has 79 heavy (non-hydrogen) atoms. The maximum absolute atomic E-state index is 12.6. The Bertz CT molecular complexity index is 2130. The Balaban J connectivity index is -0.000000290. The van der Waals surface area contributed by atoms with E-state index in [1.165, 1.54) is 69.2 Å². The maximum Gasteiger partial charge on any atom is 0.417 e. The van der Waals surface area contributed by atoms with E-state index in [0.717, 1.165) is 0 Å². The van der Waals surface area contributed by atoms with Gasteiger partial charge in [0.05, 0.1) is 24.4 Å². The van der Waals surface area contributed by atoms with Gasteiger partial charge in [0.15, 0.2) is 11.2 Å². The predicted octanol–water partition coefficient (Wildman–Crippen LogP) is 9.06. The van der Waals surface area contributed by atoms with E-state index >= 15 is 0 Å². The first kappa shape index (κ1) is 82.8. The van der Waals surface area contributed by atoms with Gasteiger partial charge in [-0.3, -0.25) is 9.35 Å². The molecule has 0 spiro atoms. The molecule has 4 unspecified atom stereocenters. The molecule has 0 aromatic heterocycles. The van der Waals surface area contributed by atoms with E-state index in [1.54, 1.807) is 13.8 Å². The molecule has 4 atom stereocenters. The van der Waals surface area contributed by atoms with Crippen LogP contribution in [0.3, 0.4) is 0 Å². The molecule has 464 valence electrons. The fraction of sp³-hybridized carbons (Fsp3) is 0.694. The molecule has 30 heteroatoms. The highest BCUT2D eigenvalue weighted by Gasteiger charge is 2.52. The Morgan fingerprint density at radius 2 is 0.937 bits per heavy atom. The quantitative estimate of drug-likeness (QED) is 0.0132. The average molecular weight is 1190 g/mol. The van der Waals surface area contributed by atoms with Crippen LogP contribution in [0.2, 0.25) is 0 Å². The van der Waals surface area contributed by atoms with Crippen molar-refractivity contribution in [2.45, 2.75) is 175 Å². The third-order valence-corrected chi connectivity index (χ3v) is 9.88. The number of alkyl halides is 12. The Morgan fingerprint density at radius 1 is 0.557 bits per heavy atom. The summed E-state index contributed by atoms with van der Waals surface area (Å²) in [6, 6.07) is 0. The summed E-state index contributed by atoms with van der Waals surface area (Å²) in [4.78, 5) is 55.3. The number of amides is 1. The van der Waals surface area contributed by atoms with Crippen molar-refractivity contribution in [2.24, 2.45) is 5.92 Å². The first-order valence-corrected chi connectivity index (χ1v) is 24.8. The van der Waals surface area contributed by atoms with Gasteiger partial charge in [-0.15, -0.1) is 0 Å². The second-order valence-electron chi connectivity index (χ2n) is 20.1. The van der Waals surface area contributed by atoms with Crippen LogP contribution in [0.25, 0.3) is 0 Å². The summed E-state index contributed by atoms with van der Waals surface area (Å²) >= 11 is 0. The molecule has 0 aromatic carbocycles. The minimum absolute atomic E-state index is 0.0292. The molecule has 0 rings (SSSR count). The van der Waals surface area contributed by atoms with Gasteiger partial charge in [0, 0.05) is 52.8 Å². The highest BCUT2D eigenvalue weighted by atomic mass is 32.2. The molecule has 0 aromatic rings. The third kappa shape index (κ3) is 47.5. The van der Waals surface area contributed by atoms with Crippen LogP contribution in [0.5, 0.6) is 0 Å². The average Bonchev–Trinajstić information content (AvgIpc) is 3.19. The van der Waals surface area contributed by atoms with Crippen LogP contribution in [0.1, 0.15) is 116 Å². The van der Waals surface area contributed by atoms with Crippen LogP contribution in [0.4, 0.5) is 52.7 Å². The molecule has 0 heterocycles. The third-order valence-electron chi connectivity index (χ3n) is 8.79. The summed E-state index contributed by atoms with van der Waals surface area (Å²) in [5.74, 6) is -3.65. The summed E-state index contributed by atoms with van der Waals surface area (Å²) < 4.78 is 194. The van der Waals surface area contributed by atoms with Crippen LogP contribution in [0.15, 0.2) is 60.8 Å². The Kier molecular flexibility index (Phi) is 36.6. The van der Waals surface area contributed by atoms with E-state index in [1.807, 2.05) is 0 Å². The number of hydrogen-bond donors (Lipinski definition) is 6. The lowest BCUT2D eigenvalue weighted by atomic mass is 9.93. The Hall–Kier alpha value is -5.04. The zero-order valence-electron chi connectivity index (χ0n) is 46.9. The van der Waals surface area contributed by atoms with Crippen molar-refractivity contribution in [3.63, 3.8) is 0 Å². The molecule has 17 nitrogen and oxygen atoms in total. The number of esters is 4. The van der Waals surface area contributed by atoms with Crippen LogP contribution < -0.4 is 16.0 Å². The summed E-state index contributed by atoms with van der Waals surface area (Å²) in [7, 11) is -4.10. The van der Waals surface area contributed by atoms with Crippen LogP contribution in [0, 0.1) is 5.92 Å². The smallest absolute Gasteiger partial charge is 0.417 e. The summed E-state index contributed by atoms with van der Waals surface area (Å²) in [6.07, 6.45) is -21.2. The van der Waals surface area contributed by atoms with Crippen molar-refractivity contribution in [3.05, 3.63) is 60.8 Å². The van der Waals surface area contributed by atoms with E-state index in [-0.39, 0.29) is 60.0 Å². The Morgan fingerprint density at radius 3 is 1.28 bits per heavy atom. The van der Waals surface area contributed by atoms with Crippen molar-refractivity contribution in [3.8, 4) is 0 Å². The number of aliphatic hydroxyl groups is 2. The van der Waals surface area contributed by atoms with Crippen molar-refractivity contribution >= 4 is 39.9 Å². The van der Waals surface area contributed by atoms with E-state index in [0.29, 0.717) is 13.8 Å². The van der Waals surface area contributed by atoms with Gasteiger partial charge in [0.25, 0.3) is 10.1 Å². The summed E-state index contributed by atoms with van der Waals surface area (Å²) in [6.45, 7) is 33.8. The van der Waals surface area contributed by atoms with Crippen LogP contribution in [-0.2, 0) is 53.0 Å². The van der Waals surface area contributed by atoms with Gasteiger partial charge in [-0.1, -0.05) is 46.7 Å². The number of carbonyl (C=O) groups excluding carboxylic acids is 5. The van der Waals surface area contributed by atoms with E-state index in [4.69, 9.17) is 19.1 Å². The standard InChI is InChI=1S/C13H21F3O3.C10H16F3NO2.C10H15F3O3.C8H12F3NO2.C8H15NO4S/c1-8(2)6-10(19-11(17)9(3)4)7-12(5,18)13(14,15)16;1-7(2)8(15)16-6-9(3,4)14-5-10(11,12)13;1-6(2)8(14)16-7(3)5-9(4,15)10(11,12)13;1-6(2)7(13)14-4-3-12-5-8(9,10)11;1-6(2)7(10)9-8(3,4)5-14(11,12)13/h8,10,18H,3,6-7H2,1-2,4-5H3;14H,1,5-6H2,2-4H3;7,15H,1,5H2,2-4H3;12H,1,3-5H2,2H3;1,5H2,2-4H3,(H,9,10)(H,11,12,13). The SMILES string of the molecule is C=C(C)C(=O)NC(C)(C)CS(=O)(=O)O.C=C(C)C(=O)OC(C)CC(C)(O)C(F)(F)F.C=C(C)C(=O)OC(CC(C)C)CC(C)(O)C(F)(F)F.C=C(C)C(=O)OCC(C)(C)NCC(F)(F)F.C=C(C)C(=O)OCCNCC(F)(F)F. The molecule has 0 fully saturated rings. The number of halogens is 12. The molecule has 0 saturated heterocycles.